The molecule has 0 radical (unpaired) electrons. The highest BCUT2D eigenvalue weighted by Gasteiger charge is 2.41. The summed E-state index contributed by atoms with van der Waals surface area (Å²) in [7, 11) is 0. The predicted octanol–water partition coefficient (Wildman–Crippen LogP) is 2.90. The molecule has 6 nitrogen and oxygen atoms in total. The van der Waals surface area contributed by atoms with Gasteiger partial charge in [0.2, 0.25) is 0 Å². The number of cyclic esters (lactones) is 1. The molecule has 3 atom stereocenters. The second-order valence-electron chi connectivity index (χ2n) is 7.26. The normalized spacial score (nSPS) is 26.7. The van der Waals surface area contributed by atoms with Crippen LogP contribution >= 0.6 is 0 Å². The highest BCUT2D eigenvalue weighted by atomic mass is 16.6. The third-order valence-corrected chi connectivity index (χ3v) is 4.83. The van der Waals surface area contributed by atoms with E-state index in [0.717, 1.165) is 18.9 Å². The number of hydrogen-bond acceptors (Lipinski definition) is 6. The number of carbonyl (C=O) groups excluding carboxylic acids is 2. The fourth-order valence-electron chi connectivity index (χ4n) is 3.29. The van der Waals surface area contributed by atoms with Gasteiger partial charge in [0.1, 0.15) is 23.2 Å². The highest BCUT2D eigenvalue weighted by molar-refractivity contribution is 5.98. The van der Waals surface area contributed by atoms with E-state index in [9.17, 15) is 19.8 Å². The maximum Gasteiger partial charge on any atom is 0.342 e. The Morgan fingerprint density at radius 1 is 1.15 bits per heavy atom. The molecule has 2 unspecified atom stereocenters. The molecular weight excluding hydrogens is 336 g/mol. The summed E-state index contributed by atoms with van der Waals surface area (Å²) in [5.41, 5.74) is 0.183. The van der Waals surface area contributed by atoms with Gasteiger partial charge in [-0.25, -0.2) is 4.79 Å². The molecule has 0 aromatic heterocycles. The van der Waals surface area contributed by atoms with Crippen molar-refractivity contribution in [1.82, 2.24) is 0 Å². The lowest BCUT2D eigenvalue weighted by Crippen LogP contribution is -2.26. The topological polar surface area (TPSA) is 96.4 Å². The minimum absolute atomic E-state index is 0.0510. The third-order valence-electron chi connectivity index (χ3n) is 4.83. The van der Waals surface area contributed by atoms with Crippen LogP contribution in [0.2, 0.25) is 0 Å². The van der Waals surface area contributed by atoms with Crippen LogP contribution in [0.15, 0.2) is 24.3 Å². The number of allylic oxidation sites excluding steroid dienone is 2. The summed E-state index contributed by atoms with van der Waals surface area (Å²) >= 11 is 0. The van der Waals surface area contributed by atoms with E-state index in [1.165, 1.54) is 12.1 Å². The predicted molar refractivity (Wildman–Crippen MR) is 94.2 cm³/mol. The fourth-order valence-corrected chi connectivity index (χ4v) is 3.29. The van der Waals surface area contributed by atoms with Gasteiger partial charge in [0.15, 0.2) is 5.78 Å². The summed E-state index contributed by atoms with van der Waals surface area (Å²) in [6.45, 7) is 3.92. The van der Waals surface area contributed by atoms with E-state index in [4.69, 9.17) is 9.47 Å². The first-order valence-electron chi connectivity index (χ1n) is 8.95. The standard InChI is InChI=1S/C20H24O6/c1-11(2)17-10-18-16(25-18)6-4-3-5-13(21)7-12-8-14(22)9-15(23)19(12)20(24)26-17/h3,5,8-9,11,16-18,22-23H,4,6-7,10H2,1-2H3/t16?,17-,18?/m0/s1. The monoisotopic (exact) mass is 360 g/mol. The number of aromatic hydroxyl groups is 2. The highest BCUT2D eigenvalue weighted by Crippen LogP contribution is 2.34. The van der Waals surface area contributed by atoms with E-state index in [0.29, 0.717) is 6.42 Å². The Bertz CT molecular complexity index is 736. The van der Waals surface area contributed by atoms with Crippen molar-refractivity contribution in [2.24, 2.45) is 5.92 Å². The fraction of sp³-hybridized carbons (Fsp3) is 0.500. The number of esters is 1. The summed E-state index contributed by atoms with van der Waals surface area (Å²) in [6, 6.07) is 2.40. The van der Waals surface area contributed by atoms with Gasteiger partial charge in [-0.1, -0.05) is 19.9 Å². The first-order chi connectivity index (χ1) is 12.3. The van der Waals surface area contributed by atoms with Crippen molar-refractivity contribution in [2.45, 2.75) is 57.8 Å². The van der Waals surface area contributed by atoms with Gasteiger partial charge in [-0.15, -0.1) is 0 Å². The Hall–Kier alpha value is -2.34. The van der Waals surface area contributed by atoms with Crippen LogP contribution in [0, 0.1) is 5.92 Å². The van der Waals surface area contributed by atoms with E-state index in [1.54, 1.807) is 6.08 Å². The maximum absolute atomic E-state index is 12.7. The lowest BCUT2D eigenvalue weighted by atomic mass is 9.97. The van der Waals surface area contributed by atoms with Crippen LogP contribution in [0.1, 0.15) is 49.0 Å². The molecule has 2 aliphatic heterocycles. The molecule has 2 N–H and O–H groups in total. The van der Waals surface area contributed by atoms with Gasteiger partial charge < -0.3 is 19.7 Å². The van der Waals surface area contributed by atoms with Gasteiger partial charge in [-0.3, -0.25) is 4.79 Å². The minimum Gasteiger partial charge on any atom is -0.508 e. The second kappa shape index (κ2) is 7.50. The first-order valence-corrected chi connectivity index (χ1v) is 8.95. The number of ketones is 1. The average molecular weight is 360 g/mol. The largest absolute Gasteiger partial charge is 0.508 e. The van der Waals surface area contributed by atoms with Crippen LogP contribution in [0.4, 0.5) is 0 Å². The van der Waals surface area contributed by atoms with E-state index in [-0.39, 0.29) is 53.3 Å². The molecule has 1 saturated heterocycles. The molecule has 0 amide bonds. The number of hydrogen-bond donors (Lipinski definition) is 2. The Morgan fingerprint density at radius 2 is 1.92 bits per heavy atom. The zero-order chi connectivity index (χ0) is 18.8. The maximum atomic E-state index is 12.7. The van der Waals surface area contributed by atoms with Crippen LogP contribution in [-0.2, 0) is 20.7 Å². The van der Waals surface area contributed by atoms with E-state index in [1.807, 2.05) is 13.8 Å². The van der Waals surface area contributed by atoms with Crippen molar-refractivity contribution in [2.75, 3.05) is 0 Å². The van der Waals surface area contributed by atoms with Crippen LogP contribution < -0.4 is 0 Å². The van der Waals surface area contributed by atoms with Crippen LogP contribution in [0.5, 0.6) is 11.5 Å². The summed E-state index contributed by atoms with van der Waals surface area (Å²) in [4.78, 5) is 24.9. The Kier molecular flexibility index (Phi) is 5.32. The number of ether oxygens (including phenoxy) is 2. The molecule has 0 spiro atoms. The molecule has 0 bridgehead atoms. The van der Waals surface area contributed by atoms with Crippen molar-refractivity contribution in [3.8, 4) is 11.5 Å². The molecule has 1 aromatic rings. The zero-order valence-corrected chi connectivity index (χ0v) is 15.0. The second-order valence-corrected chi connectivity index (χ2v) is 7.26. The lowest BCUT2D eigenvalue weighted by Gasteiger charge is -2.22. The summed E-state index contributed by atoms with van der Waals surface area (Å²) < 4.78 is 11.3. The molecule has 1 fully saturated rings. The van der Waals surface area contributed by atoms with Gasteiger partial charge in [0.05, 0.1) is 12.2 Å². The Labute approximate surface area is 152 Å². The average Bonchev–Trinajstić information content (AvgIpc) is 3.27. The van der Waals surface area contributed by atoms with Gasteiger partial charge in [0, 0.05) is 18.9 Å². The Balaban J connectivity index is 1.95. The molecule has 26 heavy (non-hydrogen) atoms. The van der Waals surface area contributed by atoms with Crippen molar-refractivity contribution in [3.05, 3.63) is 35.4 Å². The molecule has 1 aromatic carbocycles. The molecule has 2 heterocycles. The van der Waals surface area contributed by atoms with Gasteiger partial charge in [-0.2, -0.15) is 0 Å². The van der Waals surface area contributed by atoms with Gasteiger partial charge in [-0.05, 0) is 36.5 Å². The van der Waals surface area contributed by atoms with Gasteiger partial charge in [0.25, 0.3) is 0 Å². The molecule has 0 aliphatic carbocycles. The number of phenolic OH excluding ortho intramolecular Hbond substituents is 2. The summed E-state index contributed by atoms with van der Waals surface area (Å²) in [6.07, 6.45) is 5.16. The quantitative estimate of drug-likeness (QED) is 0.590. The third kappa shape index (κ3) is 4.25. The van der Waals surface area contributed by atoms with Crippen LogP contribution in [0.25, 0.3) is 0 Å². The molecular formula is C20H24O6. The van der Waals surface area contributed by atoms with E-state index < -0.39 is 11.7 Å². The van der Waals surface area contributed by atoms with Gasteiger partial charge >= 0.3 is 5.97 Å². The van der Waals surface area contributed by atoms with E-state index in [2.05, 4.69) is 0 Å². The molecule has 140 valence electrons. The van der Waals surface area contributed by atoms with Crippen molar-refractivity contribution in [3.63, 3.8) is 0 Å². The van der Waals surface area contributed by atoms with Crippen molar-refractivity contribution in [1.29, 1.82) is 0 Å². The van der Waals surface area contributed by atoms with E-state index >= 15 is 0 Å². The smallest absolute Gasteiger partial charge is 0.342 e. The summed E-state index contributed by atoms with van der Waals surface area (Å²) in [5.74, 6) is -1.42. The number of fused-ring (bicyclic) bond motifs is 2. The molecule has 6 heteroatoms. The molecule has 2 aliphatic rings. The first kappa shape index (κ1) is 18.5. The molecule has 0 saturated carbocycles. The zero-order valence-electron chi connectivity index (χ0n) is 15.0. The number of rotatable bonds is 1. The minimum atomic E-state index is -0.692. The molecule has 3 rings (SSSR count). The number of phenols is 2. The van der Waals surface area contributed by atoms with Crippen molar-refractivity contribution < 1.29 is 29.3 Å². The number of benzene rings is 1. The SMILES string of the molecule is CC(C)[C@@H]1CC2OC2CCC=CC(=O)Cc2cc(O)cc(O)c2C(=O)O1. The number of carbonyl (C=O) groups is 2. The number of epoxide rings is 1. The lowest BCUT2D eigenvalue weighted by molar-refractivity contribution is -0.114. The summed E-state index contributed by atoms with van der Waals surface area (Å²) in [5, 5.41) is 19.9. The van der Waals surface area contributed by atoms with Crippen LogP contribution in [0.3, 0.4) is 0 Å². The van der Waals surface area contributed by atoms with Crippen LogP contribution in [-0.4, -0.2) is 40.3 Å². The van der Waals surface area contributed by atoms with Crippen molar-refractivity contribution >= 4 is 11.8 Å². The Morgan fingerprint density at radius 3 is 2.65 bits per heavy atom.